The van der Waals surface area contributed by atoms with Crippen LogP contribution in [0.25, 0.3) is 0 Å². The summed E-state index contributed by atoms with van der Waals surface area (Å²) in [6, 6.07) is 14.0. The normalized spacial score (nSPS) is 10.5. The van der Waals surface area contributed by atoms with Crippen molar-refractivity contribution >= 4 is 32.7 Å². The summed E-state index contributed by atoms with van der Waals surface area (Å²) in [5.41, 5.74) is 7.39. The van der Waals surface area contributed by atoms with Crippen molar-refractivity contribution in [2.75, 3.05) is 12.0 Å². The lowest BCUT2D eigenvalue weighted by Crippen LogP contribution is -2.05. The van der Waals surface area contributed by atoms with Gasteiger partial charge in [0.05, 0.1) is 15.0 Å². The van der Waals surface area contributed by atoms with Crippen molar-refractivity contribution in [1.29, 1.82) is 5.41 Å². The van der Waals surface area contributed by atoms with Gasteiger partial charge in [-0.05, 0) is 41.8 Å². The van der Waals surface area contributed by atoms with Gasteiger partial charge in [-0.15, -0.1) is 0 Å². The molecule has 0 radical (unpaired) electrons. The summed E-state index contributed by atoms with van der Waals surface area (Å²) in [6.07, 6.45) is 1.44. The van der Waals surface area contributed by atoms with Gasteiger partial charge >= 0.3 is 0 Å². The molecule has 0 saturated heterocycles. The van der Waals surface area contributed by atoms with Crippen LogP contribution in [0.5, 0.6) is 5.75 Å². The molecule has 0 atom stereocenters. The van der Waals surface area contributed by atoms with Crippen LogP contribution in [-0.2, 0) is 23.1 Å². The SMILES string of the molecule is CS(=O)(=O)[O-].N=C(N)SCCc1ccc(OCc2ccc([N+](=O)[O-])cc2)cc1. The highest BCUT2D eigenvalue weighted by Gasteiger charge is 2.04. The molecule has 0 aliphatic heterocycles. The smallest absolute Gasteiger partial charge is 0.269 e. The Morgan fingerprint density at radius 2 is 1.64 bits per heavy atom. The number of nitro benzene ring substituents is 1. The molecule has 0 saturated carbocycles. The molecule has 0 aliphatic rings. The van der Waals surface area contributed by atoms with Crippen molar-refractivity contribution in [3.8, 4) is 5.75 Å². The van der Waals surface area contributed by atoms with E-state index in [-0.39, 0.29) is 10.9 Å². The number of rotatable bonds is 7. The second-order valence-corrected chi connectivity index (χ2v) is 8.07. The minimum absolute atomic E-state index is 0.0709. The van der Waals surface area contributed by atoms with Crippen molar-refractivity contribution in [3.63, 3.8) is 0 Å². The summed E-state index contributed by atoms with van der Waals surface area (Å²) in [6.45, 7) is 0.359. The first-order chi connectivity index (χ1) is 13.0. The van der Waals surface area contributed by atoms with Crippen molar-refractivity contribution in [2.45, 2.75) is 13.0 Å². The predicted molar refractivity (Wildman–Crippen MR) is 108 cm³/mol. The molecular formula is C17H20N3O6S2-. The zero-order valence-electron chi connectivity index (χ0n) is 15.0. The predicted octanol–water partition coefficient (Wildman–Crippen LogP) is 2.50. The molecule has 2 aromatic rings. The highest BCUT2D eigenvalue weighted by molar-refractivity contribution is 8.13. The van der Waals surface area contributed by atoms with E-state index < -0.39 is 15.0 Å². The van der Waals surface area contributed by atoms with E-state index >= 15 is 0 Å². The molecule has 2 aromatic carbocycles. The van der Waals surface area contributed by atoms with Gasteiger partial charge in [-0.2, -0.15) is 0 Å². The van der Waals surface area contributed by atoms with Crippen LogP contribution >= 0.6 is 11.8 Å². The number of thioether (sulfide) groups is 1. The van der Waals surface area contributed by atoms with Crippen LogP contribution in [0.1, 0.15) is 11.1 Å². The van der Waals surface area contributed by atoms with Crippen LogP contribution in [0.2, 0.25) is 0 Å². The lowest BCUT2D eigenvalue weighted by Gasteiger charge is -2.07. The molecule has 0 aliphatic carbocycles. The quantitative estimate of drug-likeness (QED) is 0.224. The van der Waals surface area contributed by atoms with Crippen LogP contribution in [-0.4, -0.2) is 35.1 Å². The second kappa shape index (κ2) is 11.3. The molecular weight excluding hydrogens is 406 g/mol. The Balaban J connectivity index is 0.000000696. The van der Waals surface area contributed by atoms with Gasteiger partial charge in [-0.25, -0.2) is 8.42 Å². The first-order valence-corrected chi connectivity index (χ1v) is 10.7. The number of nitrogens with one attached hydrogen (secondary N) is 1. The maximum absolute atomic E-state index is 10.6. The van der Waals surface area contributed by atoms with Gasteiger partial charge in [0.15, 0.2) is 5.17 Å². The Morgan fingerprint density at radius 3 is 2.11 bits per heavy atom. The lowest BCUT2D eigenvalue weighted by molar-refractivity contribution is -0.384. The van der Waals surface area contributed by atoms with Crippen LogP contribution in [0.4, 0.5) is 5.69 Å². The largest absolute Gasteiger partial charge is 0.748 e. The summed E-state index contributed by atoms with van der Waals surface area (Å²) in [5.74, 6) is 1.52. The molecule has 0 bridgehead atoms. The van der Waals surface area contributed by atoms with E-state index in [9.17, 15) is 10.1 Å². The third-order valence-electron chi connectivity index (χ3n) is 3.12. The number of nitro groups is 1. The van der Waals surface area contributed by atoms with Gasteiger partial charge in [-0.3, -0.25) is 15.5 Å². The van der Waals surface area contributed by atoms with Crippen molar-refractivity contribution in [1.82, 2.24) is 0 Å². The molecule has 0 unspecified atom stereocenters. The van der Waals surface area contributed by atoms with Crippen LogP contribution < -0.4 is 10.5 Å². The monoisotopic (exact) mass is 426 g/mol. The van der Waals surface area contributed by atoms with E-state index in [0.717, 1.165) is 29.1 Å². The Morgan fingerprint density at radius 1 is 1.14 bits per heavy atom. The number of benzene rings is 2. The molecule has 0 aromatic heterocycles. The van der Waals surface area contributed by atoms with Gasteiger partial charge in [0.25, 0.3) is 5.69 Å². The lowest BCUT2D eigenvalue weighted by atomic mass is 10.2. The third-order valence-corrected chi connectivity index (χ3v) is 3.84. The molecule has 28 heavy (non-hydrogen) atoms. The number of hydrogen-bond acceptors (Lipinski definition) is 8. The molecule has 11 heteroatoms. The standard InChI is InChI=1S/C16H17N3O3S.CH4O3S/c17-16(18)23-10-9-12-3-7-15(8-4-12)22-11-13-1-5-14(6-2-13)19(20)21;1-5(2,3)4/h1-8H,9-11H2,(H3,17,18);1H3,(H,2,3,4)/p-1. The average Bonchev–Trinajstić information content (AvgIpc) is 2.59. The first-order valence-electron chi connectivity index (χ1n) is 7.87. The summed E-state index contributed by atoms with van der Waals surface area (Å²) in [4.78, 5) is 10.2. The molecule has 9 nitrogen and oxygen atoms in total. The van der Waals surface area contributed by atoms with Gasteiger partial charge in [0, 0.05) is 24.1 Å². The van der Waals surface area contributed by atoms with Gasteiger partial charge < -0.3 is 15.0 Å². The highest BCUT2D eigenvalue weighted by Crippen LogP contribution is 2.17. The van der Waals surface area contributed by atoms with E-state index in [1.54, 1.807) is 12.1 Å². The molecule has 0 heterocycles. The molecule has 0 amide bonds. The third kappa shape index (κ3) is 11.2. The van der Waals surface area contributed by atoms with E-state index in [0.29, 0.717) is 12.9 Å². The maximum Gasteiger partial charge on any atom is 0.269 e. The average molecular weight is 426 g/mol. The van der Waals surface area contributed by atoms with Gasteiger partial charge in [0.1, 0.15) is 12.4 Å². The Labute approximate surface area is 167 Å². The van der Waals surface area contributed by atoms with Crippen LogP contribution in [0.3, 0.4) is 0 Å². The van der Waals surface area contributed by atoms with E-state index in [4.69, 9.17) is 28.9 Å². The number of aryl methyl sites for hydroxylation is 1. The topological polar surface area (TPSA) is 159 Å². The van der Waals surface area contributed by atoms with E-state index in [2.05, 4.69) is 0 Å². The summed E-state index contributed by atoms with van der Waals surface area (Å²) in [5, 5.41) is 17.9. The molecule has 3 N–H and O–H groups in total. The fourth-order valence-corrected chi connectivity index (χ4v) is 2.47. The number of nitrogens with zero attached hydrogens (tertiary/aromatic N) is 1. The fourth-order valence-electron chi connectivity index (χ4n) is 1.91. The van der Waals surface area contributed by atoms with E-state index in [1.165, 1.54) is 23.9 Å². The summed E-state index contributed by atoms with van der Waals surface area (Å²) in [7, 11) is -3.92. The number of hydrogen-bond donors (Lipinski definition) is 2. The van der Waals surface area contributed by atoms with Crippen LogP contribution in [0, 0.1) is 15.5 Å². The summed E-state index contributed by atoms with van der Waals surface area (Å²) >= 11 is 1.32. The molecule has 0 fully saturated rings. The maximum atomic E-state index is 10.6. The zero-order valence-corrected chi connectivity index (χ0v) is 16.7. The number of non-ortho nitro benzene ring substituents is 1. The Kier molecular flexibility index (Phi) is 9.42. The molecule has 0 spiro atoms. The fraction of sp³-hybridized carbons (Fsp3) is 0.235. The highest BCUT2D eigenvalue weighted by atomic mass is 32.2. The number of nitrogens with two attached hydrogens (primary N) is 1. The second-order valence-electron chi connectivity index (χ2n) is 5.52. The van der Waals surface area contributed by atoms with Gasteiger partial charge in [0.2, 0.25) is 0 Å². The minimum Gasteiger partial charge on any atom is -0.748 e. The number of amidine groups is 1. The van der Waals surface area contributed by atoms with Crippen LogP contribution in [0.15, 0.2) is 48.5 Å². The zero-order chi connectivity index (χ0) is 21.2. The van der Waals surface area contributed by atoms with Crippen molar-refractivity contribution in [2.24, 2.45) is 5.73 Å². The van der Waals surface area contributed by atoms with Gasteiger partial charge in [-0.1, -0.05) is 23.9 Å². The minimum atomic E-state index is -3.92. The van der Waals surface area contributed by atoms with Crippen molar-refractivity contribution < 1.29 is 22.6 Å². The van der Waals surface area contributed by atoms with E-state index in [1.807, 2.05) is 24.3 Å². The number of ether oxygens (including phenoxy) is 1. The molecule has 152 valence electrons. The molecule has 2 rings (SSSR count). The van der Waals surface area contributed by atoms with Crippen molar-refractivity contribution in [3.05, 3.63) is 69.8 Å². The Hall–Kier alpha value is -2.63. The Bertz CT molecular complexity index is 876. The first kappa shape index (κ1) is 23.4. The summed E-state index contributed by atoms with van der Waals surface area (Å²) < 4.78 is 32.9.